The van der Waals surface area contributed by atoms with E-state index in [2.05, 4.69) is 44.3 Å². The van der Waals surface area contributed by atoms with E-state index in [9.17, 15) is 0 Å². The van der Waals surface area contributed by atoms with Gasteiger partial charge in [-0.15, -0.1) is 0 Å². The molecule has 0 unspecified atom stereocenters. The number of nitrogens with zero attached hydrogens (tertiary/aromatic N) is 2. The molecule has 2 aromatic rings. The van der Waals surface area contributed by atoms with E-state index in [1.54, 1.807) is 0 Å². The highest BCUT2D eigenvalue weighted by Gasteiger charge is 2.13. The number of benzene rings is 1. The molecule has 102 valence electrons. The van der Waals surface area contributed by atoms with Gasteiger partial charge in [0, 0.05) is 31.3 Å². The van der Waals surface area contributed by atoms with Crippen LogP contribution in [0.5, 0.6) is 0 Å². The lowest BCUT2D eigenvalue weighted by Gasteiger charge is -2.04. The molecule has 0 bridgehead atoms. The maximum atomic E-state index is 4.69. The standard InChI is InChI=1S/C16H23N3/c1-11-6-7-14(10-12(11)2)16-13(3)15(8-9-17-4)19(5)18-16/h6-7,10,17H,8-9H2,1-5H3. The van der Waals surface area contributed by atoms with Gasteiger partial charge in [-0.2, -0.15) is 5.10 Å². The van der Waals surface area contributed by atoms with Crippen molar-refractivity contribution >= 4 is 0 Å². The van der Waals surface area contributed by atoms with E-state index in [-0.39, 0.29) is 0 Å². The molecule has 0 aliphatic heterocycles. The Balaban J connectivity index is 2.42. The van der Waals surface area contributed by atoms with E-state index in [4.69, 9.17) is 5.10 Å². The Bertz CT molecular complexity index is 582. The summed E-state index contributed by atoms with van der Waals surface area (Å²) in [6.07, 6.45) is 1.01. The normalized spacial score (nSPS) is 11.0. The van der Waals surface area contributed by atoms with Gasteiger partial charge in [-0.25, -0.2) is 0 Å². The lowest BCUT2D eigenvalue weighted by molar-refractivity contribution is 0.680. The van der Waals surface area contributed by atoms with Crippen LogP contribution in [-0.4, -0.2) is 23.4 Å². The highest BCUT2D eigenvalue weighted by Crippen LogP contribution is 2.26. The monoisotopic (exact) mass is 257 g/mol. The van der Waals surface area contributed by atoms with Crippen LogP contribution >= 0.6 is 0 Å². The summed E-state index contributed by atoms with van der Waals surface area (Å²) in [5.41, 5.74) is 7.57. The average molecular weight is 257 g/mol. The SMILES string of the molecule is CNCCc1c(C)c(-c2ccc(C)c(C)c2)nn1C. The first-order valence-corrected chi connectivity index (χ1v) is 6.79. The Kier molecular flexibility index (Phi) is 4.05. The van der Waals surface area contributed by atoms with Crippen molar-refractivity contribution in [3.05, 3.63) is 40.6 Å². The fourth-order valence-corrected chi connectivity index (χ4v) is 2.42. The van der Waals surface area contributed by atoms with Crippen LogP contribution in [0.3, 0.4) is 0 Å². The third-order valence-corrected chi connectivity index (χ3v) is 3.82. The molecule has 1 N–H and O–H groups in total. The van der Waals surface area contributed by atoms with E-state index in [0.29, 0.717) is 0 Å². The van der Waals surface area contributed by atoms with Crippen molar-refractivity contribution in [1.29, 1.82) is 0 Å². The molecule has 0 aliphatic rings. The molecule has 3 nitrogen and oxygen atoms in total. The summed E-state index contributed by atoms with van der Waals surface area (Å²) in [6, 6.07) is 6.57. The molecule has 19 heavy (non-hydrogen) atoms. The van der Waals surface area contributed by atoms with E-state index < -0.39 is 0 Å². The second-order valence-corrected chi connectivity index (χ2v) is 5.20. The highest BCUT2D eigenvalue weighted by atomic mass is 15.3. The molecule has 0 atom stereocenters. The number of hydrogen-bond donors (Lipinski definition) is 1. The molecule has 1 heterocycles. The van der Waals surface area contributed by atoms with Crippen molar-refractivity contribution < 1.29 is 0 Å². The molecule has 1 aromatic heterocycles. The predicted molar refractivity (Wildman–Crippen MR) is 80.5 cm³/mol. The number of aryl methyl sites for hydroxylation is 3. The molecule has 3 heteroatoms. The van der Waals surface area contributed by atoms with Gasteiger partial charge in [-0.3, -0.25) is 4.68 Å². The second-order valence-electron chi connectivity index (χ2n) is 5.20. The topological polar surface area (TPSA) is 29.9 Å². The molecular weight excluding hydrogens is 234 g/mol. The number of nitrogens with one attached hydrogen (secondary N) is 1. The zero-order valence-electron chi connectivity index (χ0n) is 12.5. The third-order valence-electron chi connectivity index (χ3n) is 3.82. The number of hydrogen-bond acceptors (Lipinski definition) is 2. The lowest BCUT2D eigenvalue weighted by Crippen LogP contribution is -2.13. The van der Waals surface area contributed by atoms with E-state index in [0.717, 1.165) is 18.7 Å². The average Bonchev–Trinajstić information content (AvgIpc) is 2.66. The molecule has 1 aromatic carbocycles. The van der Waals surface area contributed by atoms with Gasteiger partial charge in [0.1, 0.15) is 0 Å². The van der Waals surface area contributed by atoms with E-state index >= 15 is 0 Å². The third kappa shape index (κ3) is 2.71. The first-order chi connectivity index (χ1) is 9.04. The van der Waals surface area contributed by atoms with Crippen LogP contribution < -0.4 is 5.32 Å². The smallest absolute Gasteiger partial charge is 0.0955 e. The van der Waals surface area contributed by atoms with Gasteiger partial charge in [-0.05, 0) is 50.6 Å². The fraction of sp³-hybridized carbons (Fsp3) is 0.438. The molecule has 0 amide bonds. The molecular formula is C16H23N3. The van der Waals surface area contributed by atoms with Crippen molar-refractivity contribution in [3.63, 3.8) is 0 Å². The Morgan fingerprint density at radius 1 is 1.16 bits per heavy atom. The minimum Gasteiger partial charge on any atom is -0.319 e. The maximum Gasteiger partial charge on any atom is 0.0955 e. The molecule has 0 saturated heterocycles. The van der Waals surface area contributed by atoms with Gasteiger partial charge >= 0.3 is 0 Å². The summed E-state index contributed by atoms with van der Waals surface area (Å²) >= 11 is 0. The summed E-state index contributed by atoms with van der Waals surface area (Å²) in [5, 5.41) is 7.89. The first kappa shape index (κ1) is 13.8. The van der Waals surface area contributed by atoms with Crippen molar-refractivity contribution in [1.82, 2.24) is 15.1 Å². The van der Waals surface area contributed by atoms with Crippen LogP contribution in [0.25, 0.3) is 11.3 Å². The maximum absolute atomic E-state index is 4.69. The highest BCUT2D eigenvalue weighted by molar-refractivity contribution is 5.65. The van der Waals surface area contributed by atoms with Gasteiger partial charge in [0.05, 0.1) is 5.69 Å². The molecule has 2 rings (SSSR count). The molecule has 0 aliphatic carbocycles. The van der Waals surface area contributed by atoms with Crippen molar-refractivity contribution in [2.75, 3.05) is 13.6 Å². The van der Waals surface area contributed by atoms with Crippen molar-refractivity contribution in [2.45, 2.75) is 27.2 Å². The number of rotatable bonds is 4. The van der Waals surface area contributed by atoms with Crippen LogP contribution in [0, 0.1) is 20.8 Å². The number of aromatic nitrogens is 2. The van der Waals surface area contributed by atoms with Crippen molar-refractivity contribution in [2.24, 2.45) is 7.05 Å². The van der Waals surface area contributed by atoms with Crippen LogP contribution in [-0.2, 0) is 13.5 Å². The van der Waals surface area contributed by atoms with Gasteiger partial charge in [0.2, 0.25) is 0 Å². The summed E-state index contributed by atoms with van der Waals surface area (Å²) in [4.78, 5) is 0. The largest absolute Gasteiger partial charge is 0.319 e. The Morgan fingerprint density at radius 3 is 2.53 bits per heavy atom. The molecule has 0 saturated carbocycles. The Morgan fingerprint density at radius 2 is 1.89 bits per heavy atom. The Hall–Kier alpha value is -1.61. The van der Waals surface area contributed by atoms with E-state index in [1.807, 2.05) is 18.8 Å². The van der Waals surface area contributed by atoms with Crippen LogP contribution in [0.2, 0.25) is 0 Å². The minimum atomic E-state index is 0.979. The van der Waals surface area contributed by atoms with Gasteiger partial charge in [0.15, 0.2) is 0 Å². The van der Waals surface area contributed by atoms with Crippen molar-refractivity contribution in [3.8, 4) is 11.3 Å². The summed E-state index contributed by atoms with van der Waals surface area (Å²) < 4.78 is 2.01. The molecule has 0 fully saturated rings. The zero-order chi connectivity index (χ0) is 14.0. The first-order valence-electron chi connectivity index (χ1n) is 6.79. The van der Waals surface area contributed by atoms with E-state index in [1.165, 1.54) is 27.9 Å². The van der Waals surface area contributed by atoms with Gasteiger partial charge in [0.25, 0.3) is 0 Å². The van der Waals surface area contributed by atoms with Crippen LogP contribution in [0.1, 0.15) is 22.4 Å². The van der Waals surface area contributed by atoms with Crippen LogP contribution in [0.15, 0.2) is 18.2 Å². The minimum absolute atomic E-state index is 0.979. The Labute approximate surface area is 115 Å². The molecule has 0 radical (unpaired) electrons. The lowest BCUT2D eigenvalue weighted by atomic mass is 10.0. The fourth-order valence-electron chi connectivity index (χ4n) is 2.42. The van der Waals surface area contributed by atoms with Gasteiger partial charge in [-0.1, -0.05) is 12.1 Å². The van der Waals surface area contributed by atoms with Gasteiger partial charge < -0.3 is 5.32 Å². The number of likely N-dealkylation sites (N-methyl/N-ethyl adjacent to an activating group) is 1. The molecule has 0 spiro atoms. The summed E-state index contributed by atoms with van der Waals surface area (Å²) in [5.74, 6) is 0. The predicted octanol–water partition coefficient (Wildman–Crippen LogP) is 2.77. The summed E-state index contributed by atoms with van der Waals surface area (Å²) in [7, 11) is 4.01. The quantitative estimate of drug-likeness (QED) is 0.912. The zero-order valence-corrected chi connectivity index (χ0v) is 12.5. The summed E-state index contributed by atoms with van der Waals surface area (Å²) in [6.45, 7) is 7.44. The second kappa shape index (κ2) is 5.57. The van der Waals surface area contributed by atoms with Crippen LogP contribution in [0.4, 0.5) is 0 Å².